The molecule has 2 aromatic heterocycles. The molecule has 1 aliphatic heterocycles. The van der Waals surface area contributed by atoms with Crippen molar-refractivity contribution in [2.45, 2.75) is 19.5 Å². The number of hydrogen-bond acceptors (Lipinski definition) is 8. The van der Waals surface area contributed by atoms with Gasteiger partial charge in [-0.05, 0) is 6.07 Å². The van der Waals surface area contributed by atoms with Crippen LogP contribution >= 0.6 is 0 Å². The standard InChI is InChI=1S/C16H22N4O5/c1-22-5-2-14-18-15(25-19-14)9-17-16(21)12-8-13(24-11-12)10-20-3-6-23-7-4-20/h8,11H,2-7,9-10H2,1H3,(H,17,21). The average molecular weight is 350 g/mol. The molecule has 1 amide bonds. The zero-order valence-electron chi connectivity index (χ0n) is 14.2. The Labute approximate surface area is 145 Å². The van der Waals surface area contributed by atoms with E-state index in [1.54, 1.807) is 13.2 Å². The molecule has 0 bridgehead atoms. The van der Waals surface area contributed by atoms with E-state index in [-0.39, 0.29) is 12.5 Å². The van der Waals surface area contributed by atoms with Crippen LogP contribution in [0.4, 0.5) is 0 Å². The largest absolute Gasteiger partial charge is 0.467 e. The Kier molecular flexibility index (Phi) is 6.15. The minimum Gasteiger partial charge on any atom is -0.467 e. The van der Waals surface area contributed by atoms with E-state index in [2.05, 4.69) is 20.4 Å². The summed E-state index contributed by atoms with van der Waals surface area (Å²) in [6, 6.07) is 1.75. The van der Waals surface area contributed by atoms with Gasteiger partial charge in [0.1, 0.15) is 12.0 Å². The summed E-state index contributed by atoms with van der Waals surface area (Å²) in [7, 11) is 1.61. The van der Waals surface area contributed by atoms with Crippen molar-refractivity contribution < 1.29 is 23.2 Å². The molecule has 9 nitrogen and oxygen atoms in total. The Morgan fingerprint density at radius 2 is 2.24 bits per heavy atom. The van der Waals surface area contributed by atoms with E-state index in [1.165, 1.54) is 6.26 Å². The lowest BCUT2D eigenvalue weighted by Gasteiger charge is -2.25. The van der Waals surface area contributed by atoms with Crippen LogP contribution in [0, 0.1) is 0 Å². The summed E-state index contributed by atoms with van der Waals surface area (Å²) in [5.74, 6) is 1.43. The van der Waals surface area contributed by atoms with Gasteiger partial charge in [-0.15, -0.1) is 0 Å². The van der Waals surface area contributed by atoms with Gasteiger partial charge in [-0.2, -0.15) is 4.98 Å². The maximum atomic E-state index is 12.2. The van der Waals surface area contributed by atoms with E-state index in [0.29, 0.717) is 36.9 Å². The van der Waals surface area contributed by atoms with Crippen molar-refractivity contribution in [3.05, 3.63) is 35.4 Å². The third-order valence-corrected chi connectivity index (χ3v) is 3.84. The van der Waals surface area contributed by atoms with Crippen LogP contribution < -0.4 is 5.32 Å². The van der Waals surface area contributed by atoms with Crippen LogP contribution in [-0.2, 0) is 29.0 Å². The monoisotopic (exact) mass is 350 g/mol. The summed E-state index contributed by atoms with van der Waals surface area (Å²) in [5, 5.41) is 6.56. The topological polar surface area (TPSA) is 103 Å². The van der Waals surface area contributed by atoms with Gasteiger partial charge >= 0.3 is 0 Å². The van der Waals surface area contributed by atoms with Crippen LogP contribution in [0.15, 0.2) is 21.3 Å². The quantitative estimate of drug-likeness (QED) is 0.739. The minimum atomic E-state index is -0.242. The zero-order valence-corrected chi connectivity index (χ0v) is 14.2. The van der Waals surface area contributed by atoms with Crippen molar-refractivity contribution in [2.75, 3.05) is 40.0 Å². The Bertz CT molecular complexity index is 678. The van der Waals surface area contributed by atoms with Crippen LogP contribution in [0.2, 0.25) is 0 Å². The fraction of sp³-hybridized carbons (Fsp3) is 0.562. The molecule has 3 rings (SSSR count). The van der Waals surface area contributed by atoms with Crippen molar-refractivity contribution in [1.29, 1.82) is 0 Å². The normalized spacial score (nSPS) is 15.4. The van der Waals surface area contributed by atoms with Crippen LogP contribution in [0.1, 0.15) is 27.8 Å². The molecule has 2 aromatic rings. The number of nitrogens with zero attached hydrogens (tertiary/aromatic N) is 3. The smallest absolute Gasteiger partial charge is 0.254 e. The number of aromatic nitrogens is 2. The Balaban J connectivity index is 1.47. The maximum Gasteiger partial charge on any atom is 0.254 e. The molecule has 0 radical (unpaired) electrons. The number of carbonyl (C=O) groups excluding carboxylic acids is 1. The molecular formula is C16H22N4O5. The second-order valence-corrected chi connectivity index (χ2v) is 5.72. The summed E-state index contributed by atoms with van der Waals surface area (Å²) in [6.07, 6.45) is 2.03. The molecule has 136 valence electrons. The number of nitrogens with one attached hydrogen (secondary N) is 1. The molecule has 0 unspecified atom stereocenters. The summed E-state index contributed by atoms with van der Waals surface area (Å²) in [6.45, 7) is 4.54. The minimum absolute atomic E-state index is 0.169. The molecule has 0 aliphatic carbocycles. The van der Waals surface area contributed by atoms with E-state index >= 15 is 0 Å². The van der Waals surface area contributed by atoms with Crippen molar-refractivity contribution in [3.8, 4) is 0 Å². The van der Waals surface area contributed by atoms with Crippen molar-refractivity contribution in [3.63, 3.8) is 0 Å². The van der Waals surface area contributed by atoms with Crippen molar-refractivity contribution in [2.24, 2.45) is 0 Å². The molecule has 1 N–H and O–H groups in total. The lowest BCUT2D eigenvalue weighted by molar-refractivity contribution is 0.0313. The number of hydrogen-bond donors (Lipinski definition) is 1. The zero-order chi connectivity index (χ0) is 17.5. The number of furan rings is 1. The maximum absolute atomic E-state index is 12.2. The lowest BCUT2D eigenvalue weighted by Crippen LogP contribution is -2.35. The molecule has 25 heavy (non-hydrogen) atoms. The fourth-order valence-electron chi connectivity index (χ4n) is 2.48. The highest BCUT2D eigenvalue weighted by molar-refractivity contribution is 5.93. The van der Waals surface area contributed by atoms with Gasteiger partial charge in [0.15, 0.2) is 5.82 Å². The molecule has 3 heterocycles. The summed E-state index contributed by atoms with van der Waals surface area (Å²) in [4.78, 5) is 18.6. The number of carbonyl (C=O) groups is 1. The van der Waals surface area contributed by atoms with Crippen molar-refractivity contribution in [1.82, 2.24) is 20.4 Å². The predicted octanol–water partition coefficient (Wildman–Crippen LogP) is 0.614. The average Bonchev–Trinajstić information content (AvgIpc) is 3.28. The van der Waals surface area contributed by atoms with Gasteiger partial charge in [0.05, 0.1) is 38.5 Å². The van der Waals surface area contributed by atoms with Crippen LogP contribution in [0.5, 0.6) is 0 Å². The van der Waals surface area contributed by atoms with E-state index < -0.39 is 0 Å². The Morgan fingerprint density at radius 1 is 1.40 bits per heavy atom. The van der Waals surface area contributed by atoms with Gasteiger partial charge in [-0.3, -0.25) is 9.69 Å². The van der Waals surface area contributed by atoms with E-state index in [0.717, 1.165) is 32.1 Å². The second-order valence-electron chi connectivity index (χ2n) is 5.72. The summed E-state index contributed by atoms with van der Waals surface area (Å²) >= 11 is 0. The van der Waals surface area contributed by atoms with Crippen LogP contribution in [-0.4, -0.2) is 61.0 Å². The number of amides is 1. The Morgan fingerprint density at radius 3 is 3.04 bits per heavy atom. The molecule has 1 saturated heterocycles. The van der Waals surface area contributed by atoms with Gasteiger partial charge in [-0.25, -0.2) is 0 Å². The van der Waals surface area contributed by atoms with Gasteiger partial charge in [-0.1, -0.05) is 5.16 Å². The summed E-state index contributed by atoms with van der Waals surface area (Å²) < 4.78 is 20.8. The lowest BCUT2D eigenvalue weighted by atomic mass is 10.2. The third-order valence-electron chi connectivity index (χ3n) is 3.84. The number of rotatable bonds is 8. The fourth-order valence-corrected chi connectivity index (χ4v) is 2.48. The van der Waals surface area contributed by atoms with E-state index in [4.69, 9.17) is 18.4 Å². The van der Waals surface area contributed by atoms with Gasteiger partial charge in [0.2, 0.25) is 5.89 Å². The van der Waals surface area contributed by atoms with Crippen molar-refractivity contribution >= 4 is 5.91 Å². The Hall–Kier alpha value is -2.23. The number of ether oxygens (including phenoxy) is 2. The number of morpholine rings is 1. The first-order chi connectivity index (χ1) is 12.2. The van der Waals surface area contributed by atoms with Gasteiger partial charge < -0.3 is 23.7 Å². The first kappa shape index (κ1) is 17.6. The first-order valence-corrected chi connectivity index (χ1v) is 8.20. The molecule has 0 atom stereocenters. The predicted molar refractivity (Wildman–Crippen MR) is 85.9 cm³/mol. The van der Waals surface area contributed by atoms with Gasteiger partial charge in [0.25, 0.3) is 5.91 Å². The first-order valence-electron chi connectivity index (χ1n) is 8.20. The van der Waals surface area contributed by atoms with E-state index in [9.17, 15) is 4.79 Å². The highest BCUT2D eigenvalue weighted by Gasteiger charge is 2.16. The van der Waals surface area contributed by atoms with Crippen LogP contribution in [0.25, 0.3) is 0 Å². The van der Waals surface area contributed by atoms with Gasteiger partial charge in [0, 0.05) is 26.6 Å². The molecule has 0 aromatic carbocycles. The molecule has 9 heteroatoms. The highest BCUT2D eigenvalue weighted by atomic mass is 16.5. The summed E-state index contributed by atoms with van der Waals surface area (Å²) in [5.41, 5.74) is 0.474. The molecule has 1 fully saturated rings. The molecule has 0 saturated carbocycles. The molecule has 0 spiro atoms. The third kappa shape index (κ3) is 5.12. The highest BCUT2D eigenvalue weighted by Crippen LogP contribution is 2.12. The second kappa shape index (κ2) is 8.75. The van der Waals surface area contributed by atoms with Crippen LogP contribution in [0.3, 0.4) is 0 Å². The van der Waals surface area contributed by atoms with E-state index in [1.807, 2.05) is 0 Å². The number of methoxy groups -OCH3 is 1. The SMILES string of the molecule is COCCc1noc(CNC(=O)c2coc(CN3CCOCC3)c2)n1. The molecule has 1 aliphatic rings. The molecular weight excluding hydrogens is 328 g/mol.